The van der Waals surface area contributed by atoms with Crippen molar-refractivity contribution in [1.29, 1.82) is 0 Å². The van der Waals surface area contributed by atoms with E-state index in [1.54, 1.807) is 6.07 Å². The molecule has 0 saturated heterocycles. The van der Waals surface area contributed by atoms with Crippen LogP contribution in [-0.4, -0.2) is 29.7 Å². The van der Waals surface area contributed by atoms with Gasteiger partial charge >= 0.3 is 0 Å². The van der Waals surface area contributed by atoms with E-state index < -0.39 is 4.92 Å². The molecule has 1 aromatic carbocycles. The first-order valence-corrected chi connectivity index (χ1v) is 7.07. The van der Waals surface area contributed by atoms with Crippen molar-refractivity contribution in [1.82, 2.24) is 4.98 Å². The van der Waals surface area contributed by atoms with Gasteiger partial charge in [-0.25, -0.2) is 4.98 Å². The number of nitrogens with zero attached hydrogens (tertiary/aromatic N) is 2. The maximum atomic E-state index is 10.7. The van der Waals surface area contributed by atoms with Crippen LogP contribution < -0.4 is 5.32 Å². The zero-order chi connectivity index (χ0) is 15.1. The van der Waals surface area contributed by atoms with Crippen molar-refractivity contribution >= 4 is 22.4 Å². The fourth-order valence-corrected chi connectivity index (χ4v) is 1.92. The fraction of sp³-hybridized carbons (Fsp3) is 0.400. The molecule has 1 aromatic heterocycles. The number of nitrogens with one attached hydrogen (secondary N) is 1. The number of unbranched alkanes of at least 4 members (excludes halogenated alkanes) is 1. The van der Waals surface area contributed by atoms with Crippen LogP contribution in [0.1, 0.15) is 19.8 Å². The summed E-state index contributed by atoms with van der Waals surface area (Å²) >= 11 is 0. The second kappa shape index (κ2) is 7.54. The highest BCUT2D eigenvalue weighted by Gasteiger charge is 2.06. The highest BCUT2D eigenvalue weighted by Crippen LogP contribution is 2.20. The van der Waals surface area contributed by atoms with Crippen molar-refractivity contribution in [2.45, 2.75) is 19.8 Å². The fourth-order valence-electron chi connectivity index (χ4n) is 1.92. The lowest BCUT2D eigenvalue weighted by atomic mass is 10.2. The molecule has 2 rings (SSSR count). The number of nitro groups is 1. The lowest BCUT2D eigenvalue weighted by molar-refractivity contribution is -0.384. The number of non-ortho nitro benzene ring substituents is 1. The molecule has 0 aliphatic rings. The van der Waals surface area contributed by atoms with E-state index in [1.807, 2.05) is 12.1 Å². The largest absolute Gasteiger partial charge is 0.380 e. The maximum absolute atomic E-state index is 10.7. The summed E-state index contributed by atoms with van der Waals surface area (Å²) in [5.41, 5.74) is 0.812. The maximum Gasteiger partial charge on any atom is 0.270 e. The Kier molecular flexibility index (Phi) is 5.45. The molecule has 6 nitrogen and oxygen atoms in total. The number of fused-ring (bicyclic) bond motifs is 1. The molecule has 0 bridgehead atoms. The molecule has 1 N–H and O–H groups in total. The summed E-state index contributed by atoms with van der Waals surface area (Å²) in [6.45, 7) is 4.24. The molecule has 0 atom stereocenters. The number of hydrogen-bond acceptors (Lipinski definition) is 5. The van der Waals surface area contributed by atoms with Gasteiger partial charge in [-0.1, -0.05) is 13.3 Å². The van der Waals surface area contributed by atoms with Gasteiger partial charge in [0.15, 0.2) is 0 Å². The third-order valence-corrected chi connectivity index (χ3v) is 3.08. The van der Waals surface area contributed by atoms with E-state index in [2.05, 4.69) is 17.2 Å². The Bertz CT molecular complexity index is 616. The number of nitro benzene ring substituents is 1. The van der Waals surface area contributed by atoms with E-state index in [0.717, 1.165) is 36.2 Å². The van der Waals surface area contributed by atoms with Crippen LogP contribution in [0.2, 0.25) is 0 Å². The molecule has 0 spiro atoms. The molecule has 1 heterocycles. The topological polar surface area (TPSA) is 77.3 Å². The predicted molar refractivity (Wildman–Crippen MR) is 82.6 cm³/mol. The summed E-state index contributed by atoms with van der Waals surface area (Å²) in [5.74, 6) is 0.746. The molecule has 0 unspecified atom stereocenters. The zero-order valence-corrected chi connectivity index (χ0v) is 12.0. The molecule has 6 heteroatoms. The van der Waals surface area contributed by atoms with E-state index in [1.165, 1.54) is 12.1 Å². The van der Waals surface area contributed by atoms with Gasteiger partial charge in [0.2, 0.25) is 0 Å². The van der Waals surface area contributed by atoms with Crippen LogP contribution in [0.3, 0.4) is 0 Å². The van der Waals surface area contributed by atoms with Crippen molar-refractivity contribution in [2.24, 2.45) is 0 Å². The van der Waals surface area contributed by atoms with Crippen molar-refractivity contribution in [3.63, 3.8) is 0 Å². The average molecular weight is 289 g/mol. The van der Waals surface area contributed by atoms with E-state index >= 15 is 0 Å². The Labute approximate surface area is 123 Å². The van der Waals surface area contributed by atoms with Gasteiger partial charge in [-0.15, -0.1) is 0 Å². The normalized spacial score (nSPS) is 10.7. The lowest BCUT2D eigenvalue weighted by Gasteiger charge is -2.07. The van der Waals surface area contributed by atoms with Crippen LogP contribution in [0.5, 0.6) is 0 Å². The molecular formula is C15H19N3O3. The van der Waals surface area contributed by atoms with Crippen LogP contribution in [0.15, 0.2) is 30.3 Å². The van der Waals surface area contributed by atoms with Crippen LogP contribution >= 0.6 is 0 Å². The van der Waals surface area contributed by atoms with Crippen molar-refractivity contribution in [3.8, 4) is 0 Å². The quantitative estimate of drug-likeness (QED) is 0.458. The van der Waals surface area contributed by atoms with E-state index in [4.69, 9.17) is 4.74 Å². The molecule has 0 saturated carbocycles. The first-order valence-electron chi connectivity index (χ1n) is 7.07. The molecule has 2 aromatic rings. The van der Waals surface area contributed by atoms with E-state index in [-0.39, 0.29) is 5.69 Å². The lowest BCUT2D eigenvalue weighted by Crippen LogP contribution is -2.10. The summed E-state index contributed by atoms with van der Waals surface area (Å²) in [6, 6.07) is 8.30. The van der Waals surface area contributed by atoms with E-state index in [9.17, 15) is 10.1 Å². The van der Waals surface area contributed by atoms with Gasteiger partial charge in [0.05, 0.1) is 17.0 Å². The number of rotatable bonds is 8. The first-order chi connectivity index (χ1) is 10.2. The summed E-state index contributed by atoms with van der Waals surface area (Å²) in [5, 5.41) is 14.7. The van der Waals surface area contributed by atoms with Gasteiger partial charge in [-0.05, 0) is 24.6 Å². The van der Waals surface area contributed by atoms with Crippen LogP contribution in [0, 0.1) is 10.1 Å². The number of aromatic nitrogens is 1. The van der Waals surface area contributed by atoms with Crippen molar-refractivity contribution in [2.75, 3.05) is 25.1 Å². The van der Waals surface area contributed by atoms with Crippen LogP contribution in [0.25, 0.3) is 10.9 Å². The molecule has 0 amide bonds. The van der Waals surface area contributed by atoms with Gasteiger partial charge in [-0.2, -0.15) is 0 Å². The smallest absolute Gasteiger partial charge is 0.270 e. The Hall–Kier alpha value is -2.21. The molecule has 21 heavy (non-hydrogen) atoms. The molecular weight excluding hydrogens is 270 g/mol. The molecule has 112 valence electrons. The highest BCUT2D eigenvalue weighted by molar-refractivity contribution is 5.82. The van der Waals surface area contributed by atoms with Gasteiger partial charge < -0.3 is 10.1 Å². The Morgan fingerprint density at radius 2 is 2.14 bits per heavy atom. The molecule has 0 fully saturated rings. The minimum atomic E-state index is -0.404. The van der Waals surface area contributed by atoms with Crippen LogP contribution in [-0.2, 0) is 4.74 Å². The van der Waals surface area contributed by atoms with Crippen molar-refractivity contribution < 1.29 is 9.66 Å². The molecule has 0 aliphatic heterocycles. The zero-order valence-electron chi connectivity index (χ0n) is 12.0. The SMILES string of the molecule is CCCCOCCNc1ccc2cc([N+](=O)[O-])ccc2n1. The number of anilines is 1. The average Bonchev–Trinajstić information content (AvgIpc) is 2.50. The van der Waals surface area contributed by atoms with E-state index in [0.29, 0.717) is 13.2 Å². The summed E-state index contributed by atoms with van der Waals surface area (Å²) in [7, 11) is 0. The van der Waals surface area contributed by atoms with Gasteiger partial charge in [0.25, 0.3) is 5.69 Å². The number of benzene rings is 1. The Morgan fingerprint density at radius 1 is 1.29 bits per heavy atom. The van der Waals surface area contributed by atoms with Crippen molar-refractivity contribution in [3.05, 3.63) is 40.4 Å². The Balaban J connectivity index is 1.93. The highest BCUT2D eigenvalue weighted by atomic mass is 16.6. The second-order valence-electron chi connectivity index (χ2n) is 4.72. The summed E-state index contributed by atoms with van der Waals surface area (Å²) in [4.78, 5) is 14.7. The summed E-state index contributed by atoms with van der Waals surface area (Å²) in [6.07, 6.45) is 2.21. The minimum absolute atomic E-state index is 0.0781. The monoisotopic (exact) mass is 289 g/mol. The Morgan fingerprint density at radius 3 is 2.90 bits per heavy atom. The minimum Gasteiger partial charge on any atom is -0.380 e. The number of pyridine rings is 1. The van der Waals surface area contributed by atoms with Gasteiger partial charge in [-0.3, -0.25) is 10.1 Å². The first kappa shape index (κ1) is 15.2. The third kappa shape index (κ3) is 4.39. The molecule has 0 aliphatic carbocycles. The standard InChI is InChI=1S/C15H19N3O3/c1-2-3-9-21-10-8-16-15-7-4-12-11-13(18(19)20)5-6-14(12)17-15/h4-7,11H,2-3,8-10H2,1H3,(H,16,17). The molecule has 0 radical (unpaired) electrons. The number of hydrogen-bond donors (Lipinski definition) is 1. The van der Waals surface area contributed by atoms with Gasteiger partial charge in [0, 0.05) is 30.7 Å². The predicted octanol–water partition coefficient (Wildman–Crippen LogP) is 3.37. The number of ether oxygens (including phenoxy) is 1. The summed E-state index contributed by atoms with van der Waals surface area (Å²) < 4.78 is 5.46. The van der Waals surface area contributed by atoms with Gasteiger partial charge in [0.1, 0.15) is 5.82 Å². The third-order valence-electron chi connectivity index (χ3n) is 3.08. The van der Waals surface area contributed by atoms with Crippen LogP contribution in [0.4, 0.5) is 11.5 Å². The second-order valence-corrected chi connectivity index (χ2v) is 4.72.